The normalized spacial score (nSPS) is 10.5. The fraction of sp³-hybridized carbons (Fsp3) is 0.273. The Labute approximate surface area is 102 Å². The summed E-state index contributed by atoms with van der Waals surface area (Å²) in [6, 6.07) is 5.85. The molecule has 2 aromatic rings. The lowest BCUT2D eigenvalue weighted by Crippen LogP contribution is -1.95. The Kier molecular flexibility index (Phi) is 2.96. The van der Waals surface area contributed by atoms with Gasteiger partial charge in [0.15, 0.2) is 5.82 Å². The fourth-order valence-electron chi connectivity index (χ4n) is 1.46. The summed E-state index contributed by atoms with van der Waals surface area (Å²) in [4.78, 5) is 0. The monoisotopic (exact) mass is 281 g/mol. The molecule has 0 fully saturated rings. The fourth-order valence-corrected chi connectivity index (χ4v) is 2.00. The average Bonchev–Trinajstić information content (AvgIpc) is 2.60. The van der Waals surface area contributed by atoms with Crippen LogP contribution < -0.4 is 4.74 Å². The van der Waals surface area contributed by atoms with Crippen molar-refractivity contribution in [3.05, 3.63) is 28.5 Å². The minimum Gasteiger partial charge on any atom is -0.496 e. The first-order chi connectivity index (χ1) is 7.63. The topological polar surface area (TPSA) is 39.9 Å². The lowest BCUT2D eigenvalue weighted by molar-refractivity contribution is 0.412. The third-order valence-corrected chi connectivity index (χ3v) is 3.12. The predicted molar refractivity (Wildman–Crippen MR) is 65.4 cm³/mol. The van der Waals surface area contributed by atoms with Crippen molar-refractivity contribution in [3.63, 3.8) is 0 Å². The van der Waals surface area contributed by atoms with E-state index in [1.165, 1.54) is 0 Å². The van der Waals surface area contributed by atoms with E-state index in [1.54, 1.807) is 7.11 Å². The summed E-state index contributed by atoms with van der Waals surface area (Å²) in [6.45, 7) is 1.93. The molecule has 0 N–H and O–H groups in total. The van der Waals surface area contributed by atoms with Gasteiger partial charge in [-0.15, -0.1) is 10.2 Å². The van der Waals surface area contributed by atoms with Crippen molar-refractivity contribution in [2.45, 2.75) is 6.92 Å². The second kappa shape index (κ2) is 4.25. The van der Waals surface area contributed by atoms with Gasteiger partial charge in [-0.2, -0.15) is 0 Å². The molecule has 4 nitrogen and oxygen atoms in total. The first kappa shape index (κ1) is 11.1. The van der Waals surface area contributed by atoms with Crippen LogP contribution in [0.5, 0.6) is 5.75 Å². The molecule has 84 valence electrons. The summed E-state index contributed by atoms with van der Waals surface area (Å²) in [6.07, 6.45) is 0. The van der Waals surface area contributed by atoms with Gasteiger partial charge in [-0.05, 0) is 41.1 Å². The van der Waals surface area contributed by atoms with Gasteiger partial charge < -0.3 is 9.30 Å². The number of ether oxygens (including phenoxy) is 1. The summed E-state index contributed by atoms with van der Waals surface area (Å²) in [5.74, 6) is 2.55. The Morgan fingerprint density at radius 3 is 2.56 bits per heavy atom. The van der Waals surface area contributed by atoms with E-state index in [4.69, 9.17) is 4.74 Å². The van der Waals surface area contributed by atoms with E-state index in [9.17, 15) is 0 Å². The van der Waals surface area contributed by atoms with E-state index in [0.29, 0.717) is 0 Å². The molecule has 0 atom stereocenters. The highest BCUT2D eigenvalue weighted by Crippen LogP contribution is 2.29. The summed E-state index contributed by atoms with van der Waals surface area (Å²) >= 11 is 3.45. The Morgan fingerprint density at radius 1 is 1.31 bits per heavy atom. The third-order valence-electron chi connectivity index (χ3n) is 2.50. The molecule has 0 spiro atoms. The van der Waals surface area contributed by atoms with Crippen LogP contribution in [0.15, 0.2) is 22.7 Å². The number of methoxy groups -OCH3 is 1. The predicted octanol–water partition coefficient (Wildman–Crippen LogP) is 2.56. The number of aromatic nitrogens is 3. The molecule has 0 aliphatic carbocycles. The zero-order valence-corrected chi connectivity index (χ0v) is 10.9. The van der Waals surface area contributed by atoms with Crippen molar-refractivity contribution in [2.75, 3.05) is 7.11 Å². The smallest absolute Gasteiger partial charge is 0.163 e. The van der Waals surface area contributed by atoms with E-state index < -0.39 is 0 Å². The Bertz CT molecular complexity index is 522. The number of benzene rings is 1. The highest BCUT2D eigenvalue weighted by Gasteiger charge is 2.09. The van der Waals surface area contributed by atoms with Gasteiger partial charge in [-0.3, -0.25) is 0 Å². The molecule has 0 aliphatic rings. The second-order valence-electron chi connectivity index (χ2n) is 3.48. The van der Waals surface area contributed by atoms with Crippen LogP contribution >= 0.6 is 15.9 Å². The summed E-state index contributed by atoms with van der Waals surface area (Å²) in [5, 5.41) is 8.16. The number of aryl methyl sites for hydroxylation is 1. The van der Waals surface area contributed by atoms with Gasteiger partial charge in [0, 0.05) is 12.6 Å². The summed E-state index contributed by atoms with van der Waals surface area (Å²) < 4.78 is 8.04. The van der Waals surface area contributed by atoms with Crippen molar-refractivity contribution in [1.29, 1.82) is 0 Å². The van der Waals surface area contributed by atoms with Gasteiger partial charge in [0.05, 0.1) is 11.6 Å². The van der Waals surface area contributed by atoms with Crippen molar-refractivity contribution >= 4 is 15.9 Å². The highest BCUT2D eigenvalue weighted by atomic mass is 79.9. The summed E-state index contributed by atoms with van der Waals surface area (Å²) in [7, 11) is 3.59. The van der Waals surface area contributed by atoms with E-state index in [0.717, 1.165) is 27.4 Å². The number of nitrogens with zero attached hydrogens (tertiary/aromatic N) is 3. The Balaban J connectivity index is 2.49. The van der Waals surface area contributed by atoms with E-state index >= 15 is 0 Å². The third kappa shape index (κ3) is 1.82. The molecular weight excluding hydrogens is 270 g/mol. The molecular formula is C11H12BrN3O. The van der Waals surface area contributed by atoms with Gasteiger partial charge in [-0.25, -0.2) is 0 Å². The van der Waals surface area contributed by atoms with Crippen LogP contribution in [0.2, 0.25) is 0 Å². The molecule has 2 rings (SSSR count). The molecule has 0 unspecified atom stereocenters. The number of rotatable bonds is 2. The highest BCUT2D eigenvalue weighted by molar-refractivity contribution is 9.10. The zero-order chi connectivity index (χ0) is 11.7. The molecule has 1 heterocycles. The van der Waals surface area contributed by atoms with Gasteiger partial charge in [0.25, 0.3) is 0 Å². The molecule has 1 aromatic carbocycles. The van der Waals surface area contributed by atoms with Crippen LogP contribution in [-0.2, 0) is 7.05 Å². The number of hydrogen-bond donors (Lipinski definition) is 0. The molecule has 1 aromatic heterocycles. The molecule has 16 heavy (non-hydrogen) atoms. The van der Waals surface area contributed by atoms with Crippen LogP contribution in [0.4, 0.5) is 0 Å². The molecule has 0 bridgehead atoms. The lowest BCUT2D eigenvalue weighted by atomic mass is 10.2. The molecule has 0 aliphatic heterocycles. The van der Waals surface area contributed by atoms with Gasteiger partial charge >= 0.3 is 0 Å². The Hall–Kier alpha value is -1.36. The standard InChI is InChI=1S/C11H12BrN3O/c1-7-13-14-11(15(7)2)8-4-5-10(16-3)9(12)6-8/h4-6H,1-3H3. The van der Waals surface area contributed by atoms with Crippen molar-refractivity contribution < 1.29 is 4.74 Å². The van der Waals surface area contributed by atoms with Gasteiger partial charge in [0.2, 0.25) is 0 Å². The maximum Gasteiger partial charge on any atom is 0.163 e. The van der Waals surface area contributed by atoms with Crippen molar-refractivity contribution in [3.8, 4) is 17.1 Å². The quantitative estimate of drug-likeness (QED) is 0.850. The second-order valence-corrected chi connectivity index (χ2v) is 4.33. The molecule has 0 amide bonds. The maximum absolute atomic E-state index is 5.18. The van der Waals surface area contributed by atoms with Gasteiger partial charge in [0.1, 0.15) is 11.6 Å². The summed E-state index contributed by atoms with van der Waals surface area (Å²) in [5.41, 5.74) is 1.01. The minimum absolute atomic E-state index is 0.808. The van der Waals surface area contributed by atoms with Crippen LogP contribution in [0.1, 0.15) is 5.82 Å². The molecule has 0 saturated heterocycles. The Morgan fingerprint density at radius 2 is 2.06 bits per heavy atom. The minimum atomic E-state index is 0.808. The largest absolute Gasteiger partial charge is 0.496 e. The first-order valence-electron chi connectivity index (χ1n) is 4.83. The van der Waals surface area contributed by atoms with Crippen LogP contribution in [0, 0.1) is 6.92 Å². The van der Waals surface area contributed by atoms with E-state index in [1.807, 2.05) is 36.7 Å². The van der Waals surface area contributed by atoms with Crippen molar-refractivity contribution in [2.24, 2.45) is 7.05 Å². The average molecular weight is 282 g/mol. The number of hydrogen-bond acceptors (Lipinski definition) is 3. The van der Waals surface area contributed by atoms with Crippen LogP contribution in [0.25, 0.3) is 11.4 Å². The molecule has 0 radical (unpaired) electrons. The molecule has 5 heteroatoms. The van der Waals surface area contributed by atoms with Crippen LogP contribution in [-0.4, -0.2) is 21.9 Å². The first-order valence-corrected chi connectivity index (χ1v) is 5.62. The maximum atomic E-state index is 5.18. The lowest BCUT2D eigenvalue weighted by Gasteiger charge is -2.06. The molecule has 0 saturated carbocycles. The van der Waals surface area contributed by atoms with E-state index in [-0.39, 0.29) is 0 Å². The van der Waals surface area contributed by atoms with Gasteiger partial charge in [-0.1, -0.05) is 0 Å². The number of halogens is 1. The van der Waals surface area contributed by atoms with E-state index in [2.05, 4.69) is 26.1 Å². The SMILES string of the molecule is COc1ccc(-c2nnc(C)n2C)cc1Br. The van der Waals surface area contributed by atoms with Crippen molar-refractivity contribution in [1.82, 2.24) is 14.8 Å². The van der Waals surface area contributed by atoms with Crippen LogP contribution in [0.3, 0.4) is 0 Å². The zero-order valence-electron chi connectivity index (χ0n) is 9.36.